The molecule has 0 nitrogen and oxygen atoms in total. The normalized spacial score (nSPS) is 6.86. The van der Waals surface area contributed by atoms with Gasteiger partial charge >= 0.3 is 21.1 Å². The summed E-state index contributed by atoms with van der Waals surface area (Å²) >= 11 is 0. The molecular weight excluding hydrogens is 256 g/mol. The Bertz CT molecular complexity index is 18.1. The van der Waals surface area contributed by atoms with Gasteiger partial charge in [0.25, 0.3) is 0 Å². The van der Waals surface area contributed by atoms with Crippen LogP contribution >= 0.6 is 0 Å². The SMILES string of the molecule is [CH2-]CC(C)C.[CH3-].[W+2]. The van der Waals surface area contributed by atoms with Crippen LogP contribution in [0.3, 0.4) is 0 Å². The fourth-order valence-corrected chi connectivity index (χ4v) is 0. The number of hydrogen-bond acceptors (Lipinski definition) is 0. The minimum Gasteiger partial charge on any atom is -0.358 e. The zero-order chi connectivity index (χ0) is 4.28. The Balaban J connectivity index is -0.0000000800. The molecule has 0 aromatic heterocycles. The second kappa shape index (κ2) is 9.85. The molecular formula is C6H14W. The molecule has 0 unspecified atom stereocenters. The van der Waals surface area contributed by atoms with Gasteiger partial charge in [0, 0.05) is 0 Å². The van der Waals surface area contributed by atoms with E-state index in [0.29, 0.717) is 0 Å². The molecule has 0 saturated carbocycles. The zero-order valence-electron chi connectivity index (χ0n) is 5.40. The third-order valence-electron chi connectivity index (χ3n) is 0.577. The van der Waals surface area contributed by atoms with Crippen molar-refractivity contribution in [2.24, 2.45) is 5.92 Å². The molecule has 7 heavy (non-hydrogen) atoms. The molecule has 0 aliphatic heterocycles. The number of rotatable bonds is 1. The summed E-state index contributed by atoms with van der Waals surface area (Å²) in [6.07, 6.45) is 1.06. The van der Waals surface area contributed by atoms with Gasteiger partial charge in [0.2, 0.25) is 0 Å². The molecule has 0 radical (unpaired) electrons. The molecule has 0 aliphatic rings. The van der Waals surface area contributed by atoms with E-state index in [-0.39, 0.29) is 28.5 Å². The van der Waals surface area contributed by atoms with Gasteiger partial charge in [-0.3, -0.25) is 0 Å². The smallest absolute Gasteiger partial charge is 0.358 e. The molecule has 0 saturated heterocycles. The van der Waals surface area contributed by atoms with E-state index in [1.807, 2.05) is 0 Å². The standard InChI is InChI=1S/C5H11.CH3.W/c1-4-5(2)3;;/h5H,1,4H2,2-3H3;1H3;/q2*-1;+2. The van der Waals surface area contributed by atoms with E-state index in [1.54, 1.807) is 0 Å². The summed E-state index contributed by atoms with van der Waals surface area (Å²) in [5.41, 5.74) is 0. The third-order valence-corrected chi connectivity index (χ3v) is 0.577. The van der Waals surface area contributed by atoms with Crippen LogP contribution in [0, 0.1) is 20.3 Å². The number of hydrogen-bond donors (Lipinski definition) is 0. The molecule has 0 heterocycles. The van der Waals surface area contributed by atoms with Gasteiger partial charge in [-0.25, -0.2) is 0 Å². The average molecular weight is 270 g/mol. The van der Waals surface area contributed by atoms with Crippen molar-refractivity contribution in [2.75, 3.05) is 0 Å². The maximum absolute atomic E-state index is 3.69. The molecule has 0 bridgehead atoms. The predicted octanol–water partition coefficient (Wildman–Crippen LogP) is 2.31. The fraction of sp³-hybridized carbons (Fsp3) is 0.667. The van der Waals surface area contributed by atoms with E-state index in [1.165, 1.54) is 0 Å². The van der Waals surface area contributed by atoms with Crippen LogP contribution in [0.25, 0.3) is 0 Å². The van der Waals surface area contributed by atoms with Crippen molar-refractivity contribution < 1.29 is 21.1 Å². The van der Waals surface area contributed by atoms with E-state index in [0.717, 1.165) is 12.3 Å². The van der Waals surface area contributed by atoms with Crippen LogP contribution in [0.5, 0.6) is 0 Å². The van der Waals surface area contributed by atoms with Crippen molar-refractivity contribution in [1.82, 2.24) is 0 Å². The third kappa shape index (κ3) is 20.3. The first-order chi connectivity index (χ1) is 2.27. The van der Waals surface area contributed by atoms with Crippen molar-refractivity contribution in [1.29, 1.82) is 0 Å². The van der Waals surface area contributed by atoms with Gasteiger partial charge in [0.1, 0.15) is 0 Å². The van der Waals surface area contributed by atoms with Gasteiger partial charge < -0.3 is 14.4 Å². The fourth-order valence-electron chi connectivity index (χ4n) is 0. The van der Waals surface area contributed by atoms with Crippen molar-refractivity contribution in [2.45, 2.75) is 20.3 Å². The Morgan fingerprint density at radius 3 is 1.57 bits per heavy atom. The Kier molecular flexibility index (Phi) is 22.0. The molecule has 0 aliphatic carbocycles. The van der Waals surface area contributed by atoms with Crippen LogP contribution in [0.1, 0.15) is 20.3 Å². The minimum absolute atomic E-state index is 0. The van der Waals surface area contributed by atoms with Crippen LogP contribution in [0.15, 0.2) is 0 Å². The topological polar surface area (TPSA) is 0 Å². The molecule has 0 atom stereocenters. The maximum Gasteiger partial charge on any atom is 2.00 e. The minimum atomic E-state index is 0. The summed E-state index contributed by atoms with van der Waals surface area (Å²) in [5.74, 6) is 0.773. The van der Waals surface area contributed by atoms with Gasteiger partial charge in [-0.15, -0.1) is 0 Å². The Labute approximate surface area is 62.0 Å². The van der Waals surface area contributed by atoms with E-state index >= 15 is 0 Å². The molecule has 0 N–H and O–H groups in total. The van der Waals surface area contributed by atoms with Gasteiger partial charge in [-0.2, -0.15) is 6.42 Å². The van der Waals surface area contributed by atoms with E-state index < -0.39 is 0 Å². The first-order valence-corrected chi connectivity index (χ1v) is 2.06. The molecule has 1 heteroatoms. The quantitative estimate of drug-likeness (QED) is 0.641. The first-order valence-electron chi connectivity index (χ1n) is 2.06. The van der Waals surface area contributed by atoms with E-state index in [4.69, 9.17) is 0 Å². The van der Waals surface area contributed by atoms with Crippen LogP contribution < -0.4 is 0 Å². The second-order valence-corrected chi connectivity index (χ2v) is 1.68. The summed E-state index contributed by atoms with van der Waals surface area (Å²) in [7, 11) is 0. The van der Waals surface area contributed by atoms with E-state index in [2.05, 4.69) is 20.8 Å². The van der Waals surface area contributed by atoms with Gasteiger partial charge in [-0.05, 0) is 0 Å². The molecule has 0 spiro atoms. The summed E-state index contributed by atoms with van der Waals surface area (Å²) in [4.78, 5) is 0. The van der Waals surface area contributed by atoms with Gasteiger partial charge in [-0.1, -0.05) is 19.8 Å². The van der Waals surface area contributed by atoms with Gasteiger partial charge in [0.15, 0.2) is 0 Å². The van der Waals surface area contributed by atoms with Crippen molar-refractivity contribution in [3.8, 4) is 0 Å². The summed E-state index contributed by atoms with van der Waals surface area (Å²) in [6.45, 7) is 8.00. The Morgan fingerprint density at radius 1 is 1.43 bits per heavy atom. The molecule has 0 rings (SSSR count). The monoisotopic (exact) mass is 270 g/mol. The largest absolute Gasteiger partial charge is 2.00 e. The van der Waals surface area contributed by atoms with Crippen LogP contribution in [-0.2, 0) is 21.1 Å². The average Bonchev–Trinajstić information content (AvgIpc) is 1.38. The summed E-state index contributed by atoms with van der Waals surface area (Å²) in [6, 6.07) is 0. The molecule has 44 valence electrons. The Morgan fingerprint density at radius 2 is 1.57 bits per heavy atom. The predicted molar refractivity (Wildman–Crippen MR) is 31.2 cm³/mol. The van der Waals surface area contributed by atoms with Crippen molar-refractivity contribution >= 4 is 0 Å². The van der Waals surface area contributed by atoms with E-state index in [9.17, 15) is 0 Å². The second-order valence-electron chi connectivity index (χ2n) is 1.68. The van der Waals surface area contributed by atoms with Crippen LogP contribution in [-0.4, -0.2) is 0 Å². The Hall–Kier alpha value is 0.688. The summed E-state index contributed by atoms with van der Waals surface area (Å²) in [5, 5.41) is 0. The molecule has 0 aromatic carbocycles. The molecule has 0 fully saturated rings. The maximum atomic E-state index is 3.69. The van der Waals surface area contributed by atoms with Crippen molar-refractivity contribution in [3.63, 3.8) is 0 Å². The van der Waals surface area contributed by atoms with Crippen LogP contribution in [0.2, 0.25) is 0 Å². The first kappa shape index (κ1) is 15.6. The molecule has 0 aromatic rings. The van der Waals surface area contributed by atoms with Gasteiger partial charge in [0.05, 0.1) is 0 Å². The van der Waals surface area contributed by atoms with Crippen molar-refractivity contribution in [3.05, 3.63) is 14.4 Å². The van der Waals surface area contributed by atoms with Crippen LogP contribution in [0.4, 0.5) is 0 Å². The summed E-state index contributed by atoms with van der Waals surface area (Å²) < 4.78 is 0. The molecule has 0 amide bonds. The zero-order valence-corrected chi connectivity index (χ0v) is 8.33.